The van der Waals surface area contributed by atoms with Gasteiger partial charge in [0.05, 0.1) is 17.4 Å². The first-order valence-electron chi connectivity index (χ1n) is 6.83. The maximum absolute atomic E-state index is 13.2. The number of para-hydroxylation sites is 1. The van der Waals surface area contributed by atoms with Crippen molar-refractivity contribution in [2.75, 3.05) is 0 Å². The number of nitrogens with two attached hydrogens (primary N) is 1. The predicted molar refractivity (Wildman–Crippen MR) is 80.6 cm³/mol. The largest absolute Gasteiger partial charge is 0.322 e. The maximum Gasteiger partial charge on any atom is 0.123 e. The predicted octanol–water partition coefficient (Wildman–Crippen LogP) is 3.25. The van der Waals surface area contributed by atoms with Crippen LogP contribution in [-0.2, 0) is 6.42 Å². The zero-order valence-corrected chi connectivity index (χ0v) is 11.5. The van der Waals surface area contributed by atoms with E-state index in [9.17, 15) is 4.39 Å². The van der Waals surface area contributed by atoms with E-state index in [1.165, 1.54) is 12.1 Å². The second-order valence-corrected chi connectivity index (χ2v) is 4.96. The summed E-state index contributed by atoms with van der Waals surface area (Å²) in [5, 5.41) is 4.50. The van der Waals surface area contributed by atoms with Gasteiger partial charge in [-0.05, 0) is 42.3 Å². The van der Waals surface area contributed by atoms with Gasteiger partial charge in [0, 0.05) is 6.20 Å². The third-order valence-electron chi connectivity index (χ3n) is 3.35. The highest BCUT2D eigenvalue weighted by Crippen LogP contribution is 2.16. The number of aromatic nitrogens is 2. The summed E-state index contributed by atoms with van der Waals surface area (Å²) in [5.74, 6) is -0.241. The second-order valence-electron chi connectivity index (χ2n) is 4.96. The van der Waals surface area contributed by atoms with Crippen LogP contribution in [0.25, 0.3) is 5.69 Å². The molecule has 0 bridgehead atoms. The van der Waals surface area contributed by atoms with Crippen LogP contribution in [0.5, 0.6) is 0 Å². The molecule has 106 valence electrons. The Morgan fingerprint density at radius 3 is 2.62 bits per heavy atom. The fourth-order valence-corrected chi connectivity index (χ4v) is 2.28. The molecule has 0 saturated carbocycles. The summed E-state index contributed by atoms with van der Waals surface area (Å²) >= 11 is 0. The van der Waals surface area contributed by atoms with E-state index in [0.717, 1.165) is 16.9 Å². The SMILES string of the molecule is NC(Cc1cccc(F)c1)c1ccn(-c2ccccc2)n1. The Balaban J connectivity index is 1.77. The Labute approximate surface area is 122 Å². The third-order valence-corrected chi connectivity index (χ3v) is 3.35. The quantitative estimate of drug-likeness (QED) is 0.797. The van der Waals surface area contributed by atoms with E-state index in [0.29, 0.717) is 6.42 Å². The zero-order chi connectivity index (χ0) is 14.7. The van der Waals surface area contributed by atoms with Crippen molar-refractivity contribution in [2.45, 2.75) is 12.5 Å². The van der Waals surface area contributed by atoms with Gasteiger partial charge in [0.2, 0.25) is 0 Å². The lowest BCUT2D eigenvalue weighted by atomic mass is 10.0. The summed E-state index contributed by atoms with van der Waals surface area (Å²) < 4.78 is 15.0. The van der Waals surface area contributed by atoms with E-state index < -0.39 is 0 Å². The number of hydrogen-bond donors (Lipinski definition) is 1. The van der Waals surface area contributed by atoms with Crippen LogP contribution < -0.4 is 5.73 Å². The molecule has 0 amide bonds. The molecule has 1 unspecified atom stereocenters. The highest BCUT2D eigenvalue weighted by Gasteiger charge is 2.11. The Morgan fingerprint density at radius 1 is 1.05 bits per heavy atom. The molecule has 3 nitrogen and oxygen atoms in total. The number of halogens is 1. The van der Waals surface area contributed by atoms with Crippen molar-refractivity contribution in [3.8, 4) is 5.69 Å². The summed E-state index contributed by atoms with van der Waals surface area (Å²) in [5.41, 5.74) is 8.82. The van der Waals surface area contributed by atoms with Crippen LogP contribution in [0.2, 0.25) is 0 Å². The fourth-order valence-electron chi connectivity index (χ4n) is 2.28. The molecule has 1 aromatic heterocycles. The normalized spacial score (nSPS) is 12.3. The van der Waals surface area contributed by atoms with Crippen molar-refractivity contribution >= 4 is 0 Å². The Hall–Kier alpha value is -2.46. The summed E-state index contributed by atoms with van der Waals surface area (Å²) in [6.45, 7) is 0. The van der Waals surface area contributed by atoms with Gasteiger partial charge in [0.15, 0.2) is 0 Å². The molecule has 2 N–H and O–H groups in total. The van der Waals surface area contributed by atoms with Crippen LogP contribution in [0, 0.1) is 5.82 Å². The van der Waals surface area contributed by atoms with E-state index in [-0.39, 0.29) is 11.9 Å². The first kappa shape index (κ1) is 13.5. The topological polar surface area (TPSA) is 43.8 Å². The summed E-state index contributed by atoms with van der Waals surface area (Å²) in [7, 11) is 0. The number of rotatable bonds is 4. The van der Waals surface area contributed by atoms with Gasteiger partial charge in [-0.15, -0.1) is 0 Å². The molecule has 1 heterocycles. The van der Waals surface area contributed by atoms with Crippen molar-refractivity contribution < 1.29 is 4.39 Å². The molecule has 0 spiro atoms. The molecule has 21 heavy (non-hydrogen) atoms. The molecule has 1 atom stereocenters. The van der Waals surface area contributed by atoms with Crippen molar-refractivity contribution in [3.05, 3.63) is 83.9 Å². The molecule has 3 rings (SSSR count). The van der Waals surface area contributed by atoms with Crippen LogP contribution in [0.15, 0.2) is 66.9 Å². The monoisotopic (exact) mass is 281 g/mol. The van der Waals surface area contributed by atoms with Crippen molar-refractivity contribution in [2.24, 2.45) is 5.73 Å². The Kier molecular flexibility index (Phi) is 3.79. The number of hydrogen-bond acceptors (Lipinski definition) is 2. The van der Waals surface area contributed by atoms with Gasteiger partial charge in [-0.3, -0.25) is 0 Å². The standard InChI is InChI=1S/C17H16FN3/c18-14-6-4-5-13(11-14)12-16(19)17-9-10-21(20-17)15-7-2-1-3-8-15/h1-11,16H,12,19H2. The number of nitrogens with zero attached hydrogens (tertiary/aromatic N) is 2. The maximum atomic E-state index is 13.2. The van der Waals surface area contributed by atoms with Crippen molar-refractivity contribution in [1.82, 2.24) is 9.78 Å². The molecule has 0 saturated heterocycles. The smallest absolute Gasteiger partial charge is 0.123 e. The average molecular weight is 281 g/mol. The van der Waals surface area contributed by atoms with E-state index in [4.69, 9.17) is 5.73 Å². The van der Waals surface area contributed by atoms with E-state index >= 15 is 0 Å². The molecule has 0 radical (unpaired) electrons. The minimum atomic E-state index is -0.253. The summed E-state index contributed by atoms with van der Waals surface area (Å²) in [6, 6.07) is 18.0. The van der Waals surface area contributed by atoms with E-state index in [2.05, 4.69) is 5.10 Å². The summed E-state index contributed by atoms with van der Waals surface area (Å²) in [6.07, 6.45) is 2.44. The lowest BCUT2D eigenvalue weighted by Gasteiger charge is -2.09. The minimum absolute atomic E-state index is 0.241. The molecule has 2 aromatic carbocycles. The van der Waals surface area contributed by atoms with E-state index in [1.54, 1.807) is 10.7 Å². The van der Waals surface area contributed by atoms with Gasteiger partial charge >= 0.3 is 0 Å². The van der Waals surface area contributed by atoms with Gasteiger partial charge in [-0.1, -0.05) is 30.3 Å². The minimum Gasteiger partial charge on any atom is -0.322 e. The zero-order valence-electron chi connectivity index (χ0n) is 11.5. The van der Waals surface area contributed by atoms with Crippen LogP contribution in [0.4, 0.5) is 4.39 Å². The Bertz CT molecular complexity index is 722. The molecule has 0 aliphatic heterocycles. The first-order chi connectivity index (χ1) is 10.2. The van der Waals surface area contributed by atoms with Gasteiger partial charge in [-0.25, -0.2) is 9.07 Å². The van der Waals surface area contributed by atoms with Crippen LogP contribution in [-0.4, -0.2) is 9.78 Å². The second kappa shape index (κ2) is 5.89. The van der Waals surface area contributed by atoms with Crippen LogP contribution >= 0.6 is 0 Å². The lowest BCUT2D eigenvalue weighted by Crippen LogP contribution is -2.14. The first-order valence-corrected chi connectivity index (χ1v) is 6.83. The van der Waals surface area contributed by atoms with E-state index in [1.807, 2.05) is 48.7 Å². The lowest BCUT2D eigenvalue weighted by molar-refractivity contribution is 0.620. The van der Waals surface area contributed by atoms with Crippen molar-refractivity contribution in [3.63, 3.8) is 0 Å². The Morgan fingerprint density at radius 2 is 1.86 bits per heavy atom. The van der Waals surface area contributed by atoms with Gasteiger partial charge in [-0.2, -0.15) is 5.10 Å². The number of benzene rings is 2. The summed E-state index contributed by atoms with van der Waals surface area (Å²) in [4.78, 5) is 0. The fraction of sp³-hybridized carbons (Fsp3) is 0.118. The van der Waals surface area contributed by atoms with Crippen LogP contribution in [0.1, 0.15) is 17.3 Å². The average Bonchev–Trinajstić information content (AvgIpc) is 2.98. The molecule has 0 fully saturated rings. The molecule has 4 heteroatoms. The third kappa shape index (κ3) is 3.17. The van der Waals surface area contributed by atoms with Gasteiger partial charge < -0.3 is 5.73 Å². The highest BCUT2D eigenvalue weighted by atomic mass is 19.1. The van der Waals surface area contributed by atoms with Crippen molar-refractivity contribution in [1.29, 1.82) is 0 Å². The molecular formula is C17H16FN3. The molecule has 0 aliphatic rings. The van der Waals surface area contributed by atoms with Crippen LogP contribution in [0.3, 0.4) is 0 Å². The van der Waals surface area contributed by atoms with Gasteiger partial charge in [0.1, 0.15) is 5.82 Å². The highest BCUT2D eigenvalue weighted by molar-refractivity contribution is 5.31. The molecule has 0 aliphatic carbocycles. The van der Waals surface area contributed by atoms with Gasteiger partial charge in [0.25, 0.3) is 0 Å². The molecule has 3 aromatic rings. The molecular weight excluding hydrogens is 265 g/mol.